The van der Waals surface area contributed by atoms with Crippen LogP contribution in [0.1, 0.15) is 26.7 Å². The summed E-state index contributed by atoms with van der Waals surface area (Å²) in [5, 5.41) is 4.71. The van der Waals surface area contributed by atoms with Crippen molar-refractivity contribution in [3.63, 3.8) is 0 Å². The molecule has 1 aromatic rings. The highest BCUT2D eigenvalue weighted by Gasteiger charge is 2.42. The first-order valence-electron chi connectivity index (χ1n) is 8.82. The van der Waals surface area contributed by atoms with E-state index in [1.807, 2.05) is 11.8 Å². The second-order valence-electron chi connectivity index (χ2n) is 7.25. The molecule has 9 heteroatoms. The molecule has 0 saturated carbocycles. The summed E-state index contributed by atoms with van der Waals surface area (Å²) in [4.78, 5) is 39.2. The number of urea groups is 1. The first-order chi connectivity index (χ1) is 12.7. The van der Waals surface area contributed by atoms with E-state index in [9.17, 15) is 23.2 Å². The van der Waals surface area contributed by atoms with E-state index in [-0.39, 0.29) is 24.8 Å². The van der Waals surface area contributed by atoms with Crippen molar-refractivity contribution in [2.24, 2.45) is 0 Å². The third-order valence-corrected chi connectivity index (χ3v) is 5.12. The zero-order chi connectivity index (χ0) is 19.8. The number of hydrogen-bond donors (Lipinski definition) is 2. The fourth-order valence-corrected chi connectivity index (χ4v) is 3.54. The molecule has 2 fully saturated rings. The summed E-state index contributed by atoms with van der Waals surface area (Å²) >= 11 is 0. The number of carbonyl (C=O) groups is 3. The average Bonchev–Trinajstić information content (AvgIpc) is 2.84. The zero-order valence-corrected chi connectivity index (χ0v) is 15.2. The van der Waals surface area contributed by atoms with Crippen LogP contribution in [0.2, 0.25) is 0 Å². The molecule has 2 saturated heterocycles. The van der Waals surface area contributed by atoms with Gasteiger partial charge in [0, 0.05) is 43.9 Å². The fourth-order valence-electron chi connectivity index (χ4n) is 3.54. The smallest absolute Gasteiger partial charge is 0.322 e. The Labute approximate surface area is 155 Å². The molecule has 0 unspecified atom stereocenters. The van der Waals surface area contributed by atoms with Crippen molar-refractivity contribution in [3.05, 3.63) is 29.8 Å². The molecule has 0 spiro atoms. The van der Waals surface area contributed by atoms with Crippen LogP contribution in [0.15, 0.2) is 18.2 Å². The summed E-state index contributed by atoms with van der Waals surface area (Å²) < 4.78 is 26.9. The second kappa shape index (κ2) is 7.13. The van der Waals surface area contributed by atoms with Crippen LogP contribution in [-0.4, -0.2) is 54.0 Å². The molecule has 3 rings (SSSR count). The highest BCUT2D eigenvalue weighted by molar-refractivity contribution is 6.06. The lowest BCUT2D eigenvalue weighted by Crippen LogP contribution is -2.54. The molecule has 0 radical (unpaired) electrons. The van der Waals surface area contributed by atoms with Crippen LogP contribution >= 0.6 is 0 Å². The number of imide groups is 1. The van der Waals surface area contributed by atoms with Gasteiger partial charge in [0.05, 0.1) is 0 Å². The van der Waals surface area contributed by atoms with E-state index in [2.05, 4.69) is 10.6 Å². The number of nitrogens with zero attached hydrogens (tertiary/aromatic N) is 2. The number of halogens is 2. The lowest BCUT2D eigenvalue weighted by atomic mass is 9.95. The lowest BCUT2D eigenvalue weighted by Gasteiger charge is -2.41. The molecule has 2 aliphatic heterocycles. The largest absolute Gasteiger partial charge is 0.365 e. The molecule has 27 heavy (non-hydrogen) atoms. The van der Waals surface area contributed by atoms with Crippen LogP contribution in [0.5, 0.6) is 0 Å². The van der Waals surface area contributed by atoms with E-state index in [4.69, 9.17) is 0 Å². The van der Waals surface area contributed by atoms with Crippen LogP contribution in [0.25, 0.3) is 0 Å². The van der Waals surface area contributed by atoms with Crippen LogP contribution < -0.4 is 15.5 Å². The molecule has 4 amide bonds. The summed E-state index contributed by atoms with van der Waals surface area (Å²) in [5.41, 5.74) is -0.635. The standard InChI is InChI=1S/C18H22F2N4O3/c1-11-10-23(5-6-24(11)14-8-12(19)7-13(20)9-14)15(25)3-4-18(2)16(26)21-17(27)22-18/h7-9,11H,3-6,10H2,1-2H3,(H2,21,22,26,27)/t11-,18+/m0/s1. The topological polar surface area (TPSA) is 81.8 Å². The maximum Gasteiger partial charge on any atom is 0.322 e. The number of piperazine rings is 1. The number of benzene rings is 1. The third-order valence-electron chi connectivity index (χ3n) is 5.12. The Bertz CT molecular complexity index is 768. The average molecular weight is 380 g/mol. The van der Waals surface area contributed by atoms with Crippen molar-refractivity contribution >= 4 is 23.5 Å². The predicted octanol–water partition coefficient (Wildman–Crippen LogP) is 1.38. The maximum absolute atomic E-state index is 13.5. The van der Waals surface area contributed by atoms with E-state index < -0.39 is 29.1 Å². The Morgan fingerprint density at radius 2 is 1.89 bits per heavy atom. The van der Waals surface area contributed by atoms with Gasteiger partial charge in [0.15, 0.2) is 0 Å². The Hall–Kier alpha value is -2.71. The molecule has 2 aliphatic rings. The van der Waals surface area contributed by atoms with E-state index in [0.29, 0.717) is 25.3 Å². The highest BCUT2D eigenvalue weighted by Crippen LogP contribution is 2.24. The zero-order valence-electron chi connectivity index (χ0n) is 15.2. The van der Waals surface area contributed by atoms with Crippen LogP contribution in [0.3, 0.4) is 0 Å². The highest BCUT2D eigenvalue weighted by atomic mass is 19.1. The minimum Gasteiger partial charge on any atom is -0.365 e. The summed E-state index contributed by atoms with van der Waals surface area (Å²) in [6.45, 7) is 4.74. The van der Waals surface area contributed by atoms with E-state index in [1.54, 1.807) is 11.8 Å². The van der Waals surface area contributed by atoms with Gasteiger partial charge in [-0.25, -0.2) is 13.6 Å². The Morgan fingerprint density at radius 1 is 1.22 bits per heavy atom. The number of anilines is 1. The van der Waals surface area contributed by atoms with Gasteiger partial charge in [-0.15, -0.1) is 0 Å². The first-order valence-corrected chi connectivity index (χ1v) is 8.82. The van der Waals surface area contributed by atoms with Crippen LogP contribution in [0, 0.1) is 11.6 Å². The van der Waals surface area contributed by atoms with Crippen molar-refractivity contribution in [3.8, 4) is 0 Å². The van der Waals surface area contributed by atoms with Crippen molar-refractivity contribution in [2.45, 2.75) is 38.3 Å². The summed E-state index contributed by atoms with van der Waals surface area (Å²) in [6.07, 6.45) is 0.318. The monoisotopic (exact) mass is 380 g/mol. The molecular formula is C18H22F2N4O3. The molecule has 146 valence electrons. The van der Waals surface area contributed by atoms with Crippen LogP contribution in [-0.2, 0) is 9.59 Å². The van der Waals surface area contributed by atoms with Crippen LogP contribution in [0.4, 0.5) is 19.3 Å². The maximum atomic E-state index is 13.5. The van der Waals surface area contributed by atoms with Gasteiger partial charge < -0.3 is 15.1 Å². The number of hydrogen-bond acceptors (Lipinski definition) is 4. The van der Waals surface area contributed by atoms with Gasteiger partial charge >= 0.3 is 6.03 Å². The molecule has 0 bridgehead atoms. The molecular weight excluding hydrogens is 358 g/mol. The molecule has 1 aromatic carbocycles. The number of nitrogens with one attached hydrogen (secondary N) is 2. The van der Waals surface area contributed by atoms with Gasteiger partial charge in [-0.2, -0.15) is 0 Å². The predicted molar refractivity (Wildman–Crippen MR) is 94.1 cm³/mol. The summed E-state index contributed by atoms with van der Waals surface area (Å²) in [7, 11) is 0. The lowest BCUT2D eigenvalue weighted by molar-refractivity contribution is -0.132. The van der Waals surface area contributed by atoms with Gasteiger partial charge in [-0.3, -0.25) is 14.9 Å². The molecule has 7 nitrogen and oxygen atoms in total. The summed E-state index contributed by atoms with van der Waals surface area (Å²) in [5.74, 6) is -1.84. The van der Waals surface area contributed by atoms with E-state index in [0.717, 1.165) is 6.07 Å². The number of amides is 4. The minimum atomic E-state index is -1.08. The number of carbonyl (C=O) groups excluding carboxylic acids is 3. The fraction of sp³-hybridized carbons (Fsp3) is 0.500. The molecule has 2 N–H and O–H groups in total. The van der Waals surface area contributed by atoms with Crippen molar-refractivity contribution in [1.29, 1.82) is 0 Å². The first kappa shape index (κ1) is 19.1. The van der Waals surface area contributed by atoms with Gasteiger partial charge in [-0.1, -0.05) is 0 Å². The van der Waals surface area contributed by atoms with E-state index >= 15 is 0 Å². The van der Waals surface area contributed by atoms with Gasteiger partial charge in [0.1, 0.15) is 17.2 Å². The molecule has 2 atom stereocenters. The minimum absolute atomic E-state index is 0.117. The molecule has 0 aromatic heterocycles. The Balaban J connectivity index is 1.58. The van der Waals surface area contributed by atoms with Gasteiger partial charge in [-0.05, 0) is 32.4 Å². The Morgan fingerprint density at radius 3 is 2.44 bits per heavy atom. The van der Waals surface area contributed by atoms with Gasteiger partial charge in [0.2, 0.25) is 5.91 Å². The van der Waals surface area contributed by atoms with E-state index in [1.165, 1.54) is 12.1 Å². The molecule has 0 aliphatic carbocycles. The van der Waals surface area contributed by atoms with Crippen molar-refractivity contribution < 1.29 is 23.2 Å². The number of rotatable bonds is 4. The van der Waals surface area contributed by atoms with Crippen molar-refractivity contribution in [1.82, 2.24) is 15.5 Å². The summed E-state index contributed by atoms with van der Waals surface area (Å²) in [6, 6.07) is 2.71. The van der Waals surface area contributed by atoms with Crippen molar-refractivity contribution in [2.75, 3.05) is 24.5 Å². The quantitative estimate of drug-likeness (QED) is 0.774. The Kier molecular flexibility index (Phi) is 5.03. The molecule has 2 heterocycles. The van der Waals surface area contributed by atoms with Gasteiger partial charge in [0.25, 0.3) is 5.91 Å². The second-order valence-corrected chi connectivity index (χ2v) is 7.25. The SMILES string of the molecule is C[C@H]1CN(C(=O)CC[C@@]2(C)NC(=O)NC2=O)CCN1c1cc(F)cc(F)c1. The normalized spacial score (nSPS) is 25.4. The third kappa shape index (κ3) is 4.01.